The molecule has 2 nitrogen and oxygen atoms in total. The second-order valence-electron chi connectivity index (χ2n) is 5.69. The van der Waals surface area contributed by atoms with Crippen molar-refractivity contribution >= 4 is 5.69 Å². The van der Waals surface area contributed by atoms with Gasteiger partial charge in [0, 0.05) is 17.3 Å². The molecule has 0 aliphatic carbocycles. The summed E-state index contributed by atoms with van der Waals surface area (Å²) in [7, 11) is 0. The number of hydrogen-bond donors (Lipinski definition) is 1. The van der Waals surface area contributed by atoms with Gasteiger partial charge in [-0.15, -0.1) is 0 Å². The molecule has 4 rings (SSSR count). The zero-order chi connectivity index (χ0) is 16.2. The molecule has 0 radical (unpaired) electrons. The Kier molecular flexibility index (Phi) is 3.86. The van der Waals surface area contributed by atoms with Crippen LogP contribution in [0.3, 0.4) is 0 Å². The highest BCUT2D eigenvalue weighted by Gasteiger charge is 2.09. The summed E-state index contributed by atoms with van der Waals surface area (Å²) in [5.41, 5.74) is 9.26. The zero-order valence-electron chi connectivity index (χ0n) is 13.3. The molecule has 0 atom stereocenters. The van der Waals surface area contributed by atoms with E-state index >= 15 is 0 Å². The first-order valence-corrected chi connectivity index (χ1v) is 8.05. The molecule has 0 aliphatic rings. The van der Waals surface area contributed by atoms with Crippen LogP contribution in [0.4, 0.5) is 5.69 Å². The first-order valence-electron chi connectivity index (χ1n) is 8.05. The van der Waals surface area contributed by atoms with Crippen LogP contribution < -0.4 is 5.43 Å². The van der Waals surface area contributed by atoms with Gasteiger partial charge in [0.25, 0.3) is 0 Å². The molecule has 0 saturated carbocycles. The van der Waals surface area contributed by atoms with E-state index in [1.807, 2.05) is 30.3 Å². The summed E-state index contributed by atoms with van der Waals surface area (Å²) >= 11 is 0. The maximum Gasteiger partial charge on any atom is 0.0702 e. The van der Waals surface area contributed by atoms with Gasteiger partial charge in [-0.3, -0.25) is 10.1 Å². The van der Waals surface area contributed by atoms with E-state index in [9.17, 15) is 0 Å². The van der Waals surface area contributed by atoms with E-state index in [2.05, 4.69) is 83.0 Å². The van der Waals surface area contributed by atoms with Crippen LogP contribution >= 0.6 is 0 Å². The highest BCUT2D eigenvalue weighted by atomic mass is 15.4. The quantitative estimate of drug-likeness (QED) is 0.512. The molecule has 1 heterocycles. The summed E-state index contributed by atoms with van der Waals surface area (Å²) in [4.78, 5) is 0. The van der Waals surface area contributed by atoms with E-state index in [1.165, 1.54) is 16.7 Å². The molecule has 0 fully saturated rings. The van der Waals surface area contributed by atoms with Crippen molar-refractivity contribution in [3.63, 3.8) is 0 Å². The van der Waals surface area contributed by atoms with Crippen LogP contribution in [-0.2, 0) is 0 Å². The molecule has 0 saturated heterocycles. The minimum Gasteiger partial charge on any atom is -0.294 e. The predicted molar refractivity (Wildman–Crippen MR) is 101 cm³/mol. The smallest absolute Gasteiger partial charge is 0.0702 e. The Morgan fingerprint density at radius 3 is 1.71 bits per heavy atom. The lowest BCUT2D eigenvalue weighted by Gasteiger charge is -2.12. The van der Waals surface area contributed by atoms with Crippen LogP contribution in [0.15, 0.2) is 103 Å². The number of nitrogens with zero attached hydrogens (tertiary/aromatic N) is 1. The lowest BCUT2D eigenvalue weighted by atomic mass is 10.1. The molecule has 1 N–H and O–H groups in total. The zero-order valence-corrected chi connectivity index (χ0v) is 13.3. The van der Waals surface area contributed by atoms with E-state index in [0.29, 0.717) is 0 Å². The summed E-state index contributed by atoms with van der Waals surface area (Å²) < 4.78 is 2.09. The molecule has 0 spiro atoms. The average Bonchev–Trinajstić information content (AvgIpc) is 3.08. The van der Waals surface area contributed by atoms with Crippen LogP contribution in [0, 0.1) is 0 Å². The average molecular weight is 310 g/mol. The van der Waals surface area contributed by atoms with Crippen LogP contribution in [0.1, 0.15) is 0 Å². The van der Waals surface area contributed by atoms with E-state index in [-0.39, 0.29) is 0 Å². The minimum absolute atomic E-state index is 1.06. The SMILES string of the molecule is c1ccc(Nn2cc(-c3ccccc3)cc2-c2ccccc2)cc1. The molecule has 0 aliphatic heterocycles. The van der Waals surface area contributed by atoms with Gasteiger partial charge in [-0.1, -0.05) is 78.9 Å². The summed E-state index contributed by atoms with van der Waals surface area (Å²) in [6.07, 6.45) is 2.14. The summed E-state index contributed by atoms with van der Waals surface area (Å²) in [5.74, 6) is 0. The highest BCUT2D eigenvalue weighted by molar-refractivity contribution is 5.73. The van der Waals surface area contributed by atoms with E-state index in [0.717, 1.165) is 11.4 Å². The van der Waals surface area contributed by atoms with Crippen molar-refractivity contribution < 1.29 is 0 Å². The first kappa shape index (κ1) is 14.3. The van der Waals surface area contributed by atoms with Crippen molar-refractivity contribution in [2.24, 2.45) is 0 Å². The number of aromatic nitrogens is 1. The lowest BCUT2D eigenvalue weighted by Crippen LogP contribution is -2.08. The fourth-order valence-corrected chi connectivity index (χ4v) is 2.83. The van der Waals surface area contributed by atoms with Gasteiger partial charge in [0.2, 0.25) is 0 Å². The Balaban J connectivity index is 1.80. The molecular formula is C22H18N2. The van der Waals surface area contributed by atoms with Gasteiger partial charge in [-0.25, -0.2) is 0 Å². The number of nitrogens with one attached hydrogen (secondary N) is 1. The Morgan fingerprint density at radius 2 is 1.08 bits per heavy atom. The van der Waals surface area contributed by atoms with Crippen molar-refractivity contribution in [1.82, 2.24) is 4.68 Å². The molecule has 116 valence electrons. The molecule has 24 heavy (non-hydrogen) atoms. The fraction of sp³-hybridized carbons (Fsp3) is 0. The van der Waals surface area contributed by atoms with Crippen molar-refractivity contribution in [1.29, 1.82) is 0 Å². The highest BCUT2D eigenvalue weighted by Crippen LogP contribution is 2.28. The van der Waals surface area contributed by atoms with Gasteiger partial charge >= 0.3 is 0 Å². The van der Waals surface area contributed by atoms with Crippen LogP contribution in [0.2, 0.25) is 0 Å². The third kappa shape index (κ3) is 2.95. The summed E-state index contributed by atoms with van der Waals surface area (Å²) in [6, 6.07) is 33.3. The Hall–Kier alpha value is -3.26. The van der Waals surface area contributed by atoms with E-state index in [4.69, 9.17) is 0 Å². The number of benzene rings is 3. The molecule has 0 bridgehead atoms. The number of rotatable bonds is 4. The topological polar surface area (TPSA) is 17.0 Å². The van der Waals surface area contributed by atoms with Gasteiger partial charge in [-0.2, -0.15) is 0 Å². The van der Waals surface area contributed by atoms with Crippen LogP contribution in [-0.4, -0.2) is 4.68 Å². The van der Waals surface area contributed by atoms with Gasteiger partial charge in [-0.05, 0) is 23.8 Å². The maximum atomic E-state index is 3.48. The fourth-order valence-electron chi connectivity index (χ4n) is 2.83. The standard InChI is InChI=1S/C22H18N2/c1-4-10-18(11-5-1)20-16-22(19-12-6-2-7-13-19)24(17-20)23-21-14-8-3-9-15-21/h1-17,23H. The third-order valence-electron chi connectivity index (χ3n) is 4.02. The number of anilines is 1. The van der Waals surface area contributed by atoms with E-state index < -0.39 is 0 Å². The monoisotopic (exact) mass is 310 g/mol. The summed E-state index contributed by atoms with van der Waals surface area (Å²) in [5, 5.41) is 0. The van der Waals surface area contributed by atoms with Crippen molar-refractivity contribution in [2.45, 2.75) is 0 Å². The van der Waals surface area contributed by atoms with Gasteiger partial charge in [0.1, 0.15) is 0 Å². The molecular weight excluding hydrogens is 292 g/mol. The predicted octanol–water partition coefficient (Wildman–Crippen LogP) is 5.70. The second-order valence-corrected chi connectivity index (χ2v) is 5.69. The Bertz CT molecular complexity index is 910. The van der Waals surface area contributed by atoms with Crippen LogP contribution in [0.25, 0.3) is 22.4 Å². The van der Waals surface area contributed by atoms with Gasteiger partial charge in [0.15, 0.2) is 0 Å². The van der Waals surface area contributed by atoms with E-state index in [1.54, 1.807) is 0 Å². The van der Waals surface area contributed by atoms with Crippen molar-refractivity contribution in [3.8, 4) is 22.4 Å². The Morgan fingerprint density at radius 1 is 0.542 bits per heavy atom. The van der Waals surface area contributed by atoms with Crippen LogP contribution in [0.5, 0.6) is 0 Å². The van der Waals surface area contributed by atoms with Crippen molar-refractivity contribution in [2.75, 3.05) is 5.43 Å². The molecule has 0 unspecified atom stereocenters. The summed E-state index contributed by atoms with van der Waals surface area (Å²) in [6.45, 7) is 0. The molecule has 4 aromatic rings. The molecule has 2 heteroatoms. The lowest BCUT2D eigenvalue weighted by molar-refractivity contribution is 0.980. The second kappa shape index (κ2) is 6.47. The molecule has 0 amide bonds. The Labute approximate surface area is 142 Å². The van der Waals surface area contributed by atoms with Gasteiger partial charge in [0.05, 0.1) is 11.4 Å². The number of para-hydroxylation sites is 1. The normalized spacial score (nSPS) is 10.5. The largest absolute Gasteiger partial charge is 0.294 e. The molecule has 3 aromatic carbocycles. The van der Waals surface area contributed by atoms with Gasteiger partial charge < -0.3 is 0 Å². The van der Waals surface area contributed by atoms with Crippen molar-refractivity contribution in [3.05, 3.63) is 103 Å². The third-order valence-corrected chi connectivity index (χ3v) is 4.02. The maximum absolute atomic E-state index is 3.48. The minimum atomic E-state index is 1.06. The number of hydrogen-bond acceptors (Lipinski definition) is 1. The molecule has 1 aromatic heterocycles. The first-order chi connectivity index (χ1) is 11.9.